The zero-order valence-electron chi connectivity index (χ0n) is 73.9. The summed E-state index contributed by atoms with van der Waals surface area (Å²) in [5, 5.41) is 0. The number of methoxy groups -OCH3 is 1. The quantitative estimate of drug-likeness (QED) is 0.0115. The number of unbranched alkanes of at least 4 members (excludes halogenated alkanes) is 3. The number of ether oxygens (including phenoxy) is 13. The largest absolute Gasteiger partial charge is 0.497 e. The summed E-state index contributed by atoms with van der Waals surface area (Å²) in [6.07, 6.45) is 13.6. The maximum Gasteiger partial charge on any atom is 0.343 e. The van der Waals surface area contributed by atoms with E-state index in [1.807, 2.05) is 133 Å². The predicted molar refractivity (Wildman–Crippen MR) is 489 cm³/mol. The van der Waals surface area contributed by atoms with E-state index in [2.05, 4.69) is 19.7 Å². The van der Waals surface area contributed by atoms with Crippen LogP contribution in [-0.2, 0) is 38.2 Å². The number of hydrogen-bond donors (Lipinski definition) is 0. The van der Waals surface area contributed by atoms with Gasteiger partial charge in [0, 0.05) is 30.4 Å². The first kappa shape index (κ1) is 102. The zero-order valence-corrected chi connectivity index (χ0v) is 73.9. The molecule has 0 saturated heterocycles. The summed E-state index contributed by atoms with van der Waals surface area (Å²) in [5.41, 5.74) is 9.44. The van der Waals surface area contributed by atoms with Crippen LogP contribution in [0, 0.1) is 41.5 Å². The molecule has 22 heteroatoms. The Morgan fingerprint density at radius 3 is 0.778 bits per heavy atom. The van der Waals surface area contributed by atoms with Crippen molar-refractivity contribution in [1.29, 1.82) is 0 Å². The van der Waals surface area contributed by atoms with Gasteiger partial charge in [0.2, 0.25) is 0 Å². The van der Waals surface area contributed by atoms with Crippen LogP contribution in [0.1, 0.15) is 166 Å². The van der Waals surface area contributed by atoms with Crippen LogP contribution in [0.2, 0.25) is 0 Å². The summed E-state index contributed by atoms with van der Waals surface area (Å²) in [6.45, 7) is 35.1. The Hall–Kier alpha value is -14.7. The average molecular weight is 1710 g/mol. The first-order valence-electron chi connectivity index (χ1n) is 41.4. The lowest BCUT2D eigenvalue weighted by Crippen LogP contribution is -2.12. The molecule has 126 heavy (non-hydrogen) atoms. The van der Waals surface area contributed by atoms with Gasteiger partial charge in [0.1, 0.15) is 57.5 Å². The van der Waals surface area contributed by atoms with Crippen LogP contribution in [0.5, 0.6) is 57.5 Å². The van der Waals surface area contributed by atoms with Gasteiger partial charge in [0.05, 0.1) is 69.0 Å². The molecule has 0 aliphatic rings. The minimum absolute atomic E-state index is 0.308. The summed E-state index contributed by atoms with van der Waals surface area (Å²) >= 11 is 0. The third-order valence-electron chi connectivity index (χ3n) is 18.2. The summed E-state index contributed by atoms with van der Waals surface area (Å²) in [7, 11) is 1.59. The minimum atomic E-state index is -0.526. The van der Waals surface area contributed by atoms with Gasteiger partial charge in [0.25, 0.3) is 0 Å². The molecule has 10 aromatic carbocycles. The fourth-order valence-electron chi connectivity index (χ4n) is 10.9. The van der Waals surface area contributed by atoms with Crippen LogP contribution >= 0.6 is 0 Å². The highest BCUT2D eigenvalue weighted by molar-refractivity contribution is 5.95. The fraction of sp³-hybridized carbons (Fsp3) is 0.240. The molecule has 0 aromatic heterocycles. The van der Waals surface area contributed by atoms with Gasteiger partial charge in [-0.1, -0.05) is 146 Å². The molecule has 22 nitrogen and oxygen atoms in total. The highest BCUT2D eigenvalue weighted by atomic mass is 16.6. The van der Waals surface area contributed by atoms with Crippen molar-refractivity contribution in [3.8, 4) is 68.6 Å². The zero-order chi connectivity index (χ0) is 92.1. The summed E-state index contributed by atoms with van der Waals surface area (Å²) in [4.78, 5) is 109. The van der Waals surface area contributed by atoms with Gasteiger partial charge in [0.15, 0.2) is 0 Å². The third kappa shape index (κ3) is 35.0. The normalized spacial score (nSPS) is 10.2. The Bertz CT molecular complexity index is 5220. The van der Waals surface area contributed by atoms with Crippen LogP contribution in [0.25, 0.3) is 23.3 Å². The van der Waals surface area contributed by atoms with Gasteiger partial charge in [-0.3, -0.25) is 0 Å². The van der Waals surface area contributed by atoms with Gasteiger partial charge in [-0.25, -0.2) is 43.2 Å². The molecule has 0 amide bonds. The lowest BCUT2D eigenvalue weighted by Gasteiger charge is -2.14. The van der Waals surface area contributed by atoms with Crippen molar-refractivity contribution in [1.82, 2.24) is 0 Å². The maximum absolute atomic E-state index is 12.8. The van der Waals surface area contributed by atoms with E-state index in [-0.39, 0.29) is 0 Å². The van der Waals surface area contributed by atoms with E-state index >= 15 is 0 Å². The Kier molecular flexibility index (Phi) is 46.0. The lowest BCUT2D eigenvalue weighted by atomic mass is 10.0. The topological polar surface area (TPSA) is 274 Å². The Balaban J connectivity index is 0.000000326. The molecular weight excluding hydrogens is 1600 g/mol. The first-order valence-corrected chi connectivity index (χ1v) is 41.4. The van der Waals surface area contributed by atoms with Crippen molar-refractivity contribution in [2.45, 2.75) is 122 Å². The highest BCUT2D eigenvalue weighted by Crippen LogP contribution is 2.34. The van der Waals surface area contributed by atoms with Gasteiger partial charge in [-0.2, -0.15) is 0 Å². The van der Waals surface area contributed by atoms with Crippen molar-refractivity contribution in [3.63, 3.8) is 0 Å². The molecule has 0 atom stereocenters. The monoisotopic (exact) mass is 1710 g/mol. The van der Waals surface area contributed by atoms with Crippen molar-refractivity contribution >= 4 is 65.9 Å². The molecule has 0 aliphatic carbocycles. The van der Waals surface area contributed by atoms with Crippen molar-refractivity contribution in [2.24, 2.45) is 0 Å². The van der Waals surface area contributed by atoms with E-state index in [0.717, 1.165) is 46.2 Å². The molecule has 0 unspecified atom stereocenters. The smallest absolute Gasteiger partial charge is 0.343 e. The standard InChI is InChI=1S/C35H32O7.C32H32O8.C31H30O7.3C2H6/c1-4-33(36)40-23-9-8-22-39-30-18-16-29(17-19-30)35(38)42-32-21-20-31(24(2)25(32)3)41-34(37)28-14-12-27(13-15-28)26-10-6-5-7-11-26;1-5-30(33)38-21-7-6-20-37-27-15-11-25(12-16-27)32(35)40-29-18-17-28(22(2)23(29)3)39-31(34)19-10-24-8-13-26(36-4)14-9-24;1-4-29(32)36-21-9-8-20-35-26-15-13-25(14-16-26)31(34)38-28-18-17-27(22(2)23(28)3)37-30(33)19-12-24-10-6-5-7-11-24;3*1-2/h4-7,10-21H,1,8-9,22-23H2,2-3H3;5,8-19H,1,6-7,20-21H2,2-4H3;4-7,10-19H,1,8-9,20-21H2,2-3H3;3*1-2H3/b;19-10+;19-12+;;;. The molecule has 0 spiro atoms. The van der Waals surface area contributed by atoms with E-state index < -0.39 is 53.7 Å². The van der Waals surface area contributed by atoms with E-state index in [1.165, 1.54) is 12.2 Å². The molecule has 0 fully saturated rings. The van der Waals surface area contributed by atoms with Gasteiger partial charge in [-0.15, -0.1) is 0 Å². The highest BCUT2D eigenvalue weighted by Gasteiger charge is 2.21. The molecule has 0 N–H and O–H groups in total. The van der Waals surface area contributed by atoms with E-state index in [0.29, 0.717) is 186 Å². The number of rotatable bonds is 37. The van der Waals surface area contributed by atoms with E-state index in [4.69, 9.17) is 61.6 Å². The molecule has 660 valence electrons. The lowest BCUT2D eigenvalue weighted by molar-refractivity contribution is -0.138. The second-order valence-electron chi connectivity index (χ2n) is 26.5. The average Bonchev–Trinajstić information content (AvgIpc) is 0.827. The molecule has 0 heterocycles. The van der Waals surface area contributed by atoms with Gasteiger partial charge >= 0.3 is 53.7 Å². The number of hydrogen-bond acceptors (Lipinski definition) is 22. The minimum Gasteiger partial charge on any atom is -0.497 e. The predicted octanol–water partition coefficient (Wildman–Crippen LogP) is 22.4. The second-order valence-corrected chi connectivity index (χ2v) is 26.5. The van der Waals surface area contributed by atoms with Crippen molar-refractivity contribution in [2.75, 3.05) is 46.8 Å². The molecule has 0 saturated carbocycles. The third-order valence-corrected chi connectivity index (χ3v) is 18.2. The molecule has 10 aromatic rings. The number of carbonyl (C=O) groups is 9. The van der Waals surface area contributed by atoms with Crippen LogP contribution in [0.3, 0.4) is 0 Å². The SMILES string of the molecule is C=CC(=O)OCCCCOc1ccc(C(=O)Oc2ccc(OC(=O)/C=C/c3ccc(OC)cc3)c(C)c2C)cc1.C=CC(=O)OCCCCOc1ccc(C(=O)Oc2ccc(OC(=O)/C=C/c3ccccc3)c(C)c2C)cc1.C=CC(=O)OCCCCOc1ccc(C(=O)Oc2ccc(OC(=O)c3ccc(-c4ccccc4)cc3)c(C)c2C)cc1.CC.CC.CC. The van der Waals surface area contributed by atoms with E-state index in [9.17, 15) is 43.2 Å². The van der Waals surface area contributed by atoms with Crippen LogP contribution in [-0.4, -0.2) is 100 Å². The number of carbonyl (C=O) groups excluding carboxylic acids is 9. The van der Waals surface area contributed by atoms with Crippen LogP contribution in [0.4, 0.5) is 0 Å². The molecule has 0 aliphatic heterocycles. The molecule has 0 radical (unpaired) electrons. The first-order chi connectivity index (χ1) is 61.0. The van der Waals surface area contributed by atoms with Gasteiger partial charge < -0.3 is 61.6 Å². The summed E-state index contributed by atoms with van der Waals surface area (Å²) in [6, 6.07) is 63.4. The number of benzene rings is 10. The van der Waals surface area contributed by atoms with Crippen LogP contribution < -0.4 is 47.4 Å². The van der Waals surface area contributed by atoms with Crippen LogP contribution in [0.15, 0.2) is 269 Å². The van der Waals surface area contributed by atoms with Gasteiger partial charge in [-0.05, 0) is 281 Å². The fourth-order valence-corrected chi connectivity index (χ4v) is 10.9. The molecular formula is C104H112O22. The van der Waals surface area contributed by atoms with Crippen molar-refractivity contribution < 1.29 is 105 Å². The molecule has 10 rings (SSSR count). The van der Waals surface area contributed by atoms with Crippen molar-refractivity contribution in [3.05, 3.63) is 335 Å². The summed E-state index contributed by atoms with van der Waals surface area (Å²) in [5.74, 6) is 0.479. The van der Waals surface area contributed by atoms with E-state index in [1.54, 1.807) is 187 Å². The Morgan fingerprint density at radius 2 is 0.500 bits per heavy atom. The molecule has 0 bridgehead atoms. The Labute approximate surface area is 739 Å². The maximum atomic E-state index is 12.8. The summed E-state index contributed by atoms with van der Waals surface area (Å²) < 4.78 is 70.3. The number of esters is 9. The Morgan fingerprint density at radius 1 is 0.262 bits per heavy atom. The second kappa shape index (κ2) is 56.8.